The van der Waals surface area contributed by atoms with Crippen LogP contribution >= 0.6 is 0 Å². The van der Waals surface area contributed by atoms with Crippen LogP contribution in [-0.4, -0.2) is 62.7 Å². The molecule has 0 aromatic heterocycles. The van der Waals surface area contributed by atoms with E-state index in [4.69, 9.17) is 4.74 Å². The van der Waals surface area contributed by atoms with E-state index in [1.54, 1.807) is 25.3 Å². The van der Waals surface area contributed by atoms with Gasteiger partial charge in [-0.15, -0.1) is 0 Å². The van der Waals surface area contributed by atoms with Crippen molar-refractivity contribution in [3.8, 4) is 11.5 Å². The molecule has 1 aliphatic rings. The number of allylic oxidation sites excluding steroid dienone is 1. The predicted molar refractivity (Wildman–Crippen MR) is 146 cm³/mol. The molecule has 1 fully saturated rings. The molecule has 1 aliphatic heterocycles. The molecule has 0 radical (unpaired) electrons. The molecule has 0 bridgehead atoms. The van der Waals surface area contributed by atoms with E-state index in [0.29, 0.717) is 18.3 Å². The Hall–Kier alpha value is -3.61. The normalized spacial score (nSPS) is 16.2. The number of hydrogen-bond donors (Lipinski definition) is 2. The molecule has 3 aromatic carbocycles. The number of nitrogens with one attached hydrogen (secondary N) is 1. The van der Waals surface area contributed by atoms with Crippen LogP contribution in [0, 0.1) is 0 Å². The molecule has 3 aromatic rings. The van der Waals surface area contributed by atoms with Crippen molar-refractivity contribution < 1.29 is 14.6 Å². The number of anilines is 1. The minimum absolute atomic E-state index is 0.0747. The third kappa shape index (κ3) is 6.33. The number of rotatable bonds is 9. The van der Waals surface area contributed by atoms with Gasteiger partial charge in [-0.25, -0.2) is 0 Å². The Kier molecular flexibility index (Phi) is 8.41. The van der Waals surface area contributed by atoms with E-state index >= 15 is 0 Å². The Morgan fingerprint density at radius 1 is 1.14 bits per heavy atom. The van der Waals surface area contributed by atoms with Gasteiger partial charge in [0.2, 0.25) is 0 Å². The number of benzene rings is 3. The highest BCUT2D eigenvalue weighted by atomic mass is 16.5. The van der Waals surface area contributed by atoms with Crippen LogP contribution in [0.15, 0.2) is 72.8 Å². The third-order valence-corrected chi connectivity index (χ3v) is 6.66. The van der Waals surface area contributed by atoms with Gasteiger partial charge in [-0.2, -0.15) is 0 Å². The standard InChI is InChI=1S/C30H35N3O3/c1-32(2)25-12-9-22(10-13-25)11-14-28(34)27-18-24(30(36-3)19-29(27)35)21-33-16-15-31-20-26(33)17-23-7-5-4-6-8-23/h4-14,18-19,26,31,35H,15-17,20-21H2,1-3H3/b14-11+. The molecular weight excluding hydrogens is 450 g/mol. The van der Waals surface area contributed by atoms with Crippen LogP contribution in [0.4, 0.5) is 5.69 Å². The van der Waals surface area contributed by atoms with Crippen LogP contribution in [-0.2, 0) is 13.0 Å². The van der Waals surface area contributed by atoms with E-state index < -0.39 is 0 Å². The zero-order valence-corrected chi connectivity index (χ0v) is 21.3. The van der Waals surface area contributed by atoms with E-state index in [9.17, 15) is 9.90 Å². The quantitative estimate of drug-likeness (QED) is 0.346. The summed E-state index contributed by atoms with van der Waals surface area (Å²) in [6.07, 6.45) is 4.23. The van der Waals surface area contributed by atoms with Gasteiger partial charge in [-0.1, -0.05) is 48.5 Å². The highest BCUT2D eigenvalue weighted by molar-refractivity contribution is 6.08. The highest BCUT2D eigenvalue weighted by Gasteiger charge is 2.24. The SMILES string of the molecule is COc1cc(O)c(C(=O)/C=C/c2ccc(N(C)C)cc2)cc1CN1CCNCC1Cc1ccccc1. The summed E-state index contributed by atoms with van der Waals surface area (Å²) in [6.45, 7) is 3.34. The molecule has 6 heteroatoms. The monoisotopic (exact) mass is 485 g/mol. The molecule has 6 nitrogen and oxygen atoms in total. The number of phenols is 1. The van der Waals surface area contributed by atoms with Crippen LogP contribution in [0.5, 0.6) is 11.5 Å². The summed E-state index contributed by atoms with van der Waals surface area (Å²) in [7, 11) is 5.57. The summed E-state index contributed by atoms with van der Waals surface area (Å²) < 4.78 is 5.58. The van der Waals surface area contributed by atoms with E-state index in [2.05, 4.69) is 34.5 Å². The van der Waals surface area contributed by atoms with Crippen molar-refractivity contribution in [2.45, 2.75) is 19.0 Å². The zero-order valence-electron chi connectivity index (χ0n) is 21.3. The second kappa shape index (κ2) is 11.9. The zero-order chi connectivity index (χ0) is 25.5. The topological polar surface area (TPSA) is 65.0 Å². The summed E-state index contributed by atoms with van der Waals surface area (Å²) in [5, 5.41) is 14.1. The maximum Gasteiger partial charge on any atom is 0.189 e. The lowest BCUT2D eigenvalue weighted by Gasteiger charge is -2.36. The van der Waals surface area contributed by atoms with Crippen molar-refractivity contribution in [2.75, 3.05) is 45.7 Å². The summed E-state index contributed by atoms with van der Waals surface area (Å²) >= 11 is 0. The average Bonchev–Trinajstić information content (AvgIpc) is 2.90. The van der Waals surface area contributed by atoms with Crippen molar-refractivity contribution >= 4 is 17.5 Å². The number of methoxy groups -OCH3 is 1. The predicted octanol–water partition coefficient (Wildman–Crippen LogP) is 4.38. The number of hydrogen-bond acceptors (Lipinski definition) is 6. The van der Waals surface area contributed by atoms with Gasteiger partial charge in [0.1, 0.15) is 11.5 Å². The Morgan fingerprint density at radius 2 is 1.89 bits per heavy atom. The lowest BCUT2D eigenvalue weighted by molar-refractivity contribution is 0.104. The number of aromatic hydroxyl groups is 1. The van der Waals surface area contributed by atoms with Gasteiger partial charge in [0.05, 0.1) is 12.7 Å². The van der Waals surface area contributed by atoms with Gasteiger partial charge in [0.25, 0.3) is 0 Å². The Bertz CT molecular complexity index is 1190. The molecule has 4 rings (SSSR count). The first kappa shape index (κ1) is 25.5. The van der Waals surface area contributed by atoms with Crippen LogP contribution in [0.1, 0.15) is 27.0 Å². The molecule has 1 unspecified atom stereocenters. The van der Waals surface area contributed by atoms with Crippen molar-refractivity contribution in [1.29, 1.82) is 0 Å². The van der Waals surface area contributed by atoms with E-state index in [-0.39, 0.29) is 17.1 Å². The van der Waals surface area contributed by atoms with Crippen molar-refractivity contribution in [3.05, 3.63) is 95.1 Å². The molecule has 1 saturated heterocycles. The number of phenolic OH excluding ortho intramolecular Hbond substituents is 1. The maximum atomic E-state index is 13.0. The lowest BCUT2D eigenvalue weighted by Crippen LogP contribution is -2.51. The van der Waals surface area contributed by atoms with E-state index in [1.165, 1.54) is 11.6 Å². The molecule has 0 amide bonds. The minimum atomic E-state index is -0.241. The smallest absolute Gasteiger partial charge is 0.189 e. The first-order chi connectivity index (χ1) is 17.4. The van der Waals surface area contributed by atoms with Crippen LogP contribution in [0.3, 0.4) is 0 Å². The highest BCUT2D eigenvalue weighted by Crippen LogP contribution is 2.31. The van der Waals surface area contributed by atoms with Crippen molar-refractivity contribution in [1.82, 2.24) is 10.2 Å². The van der Waals surface area contributed by atoms with Crippen molar-refractivity contribution in [3.63, 3.8) is 0 Å². The minimum Gasteiger partial charge on any atom is -0.507 e. The fraction of sp³-hybridized carbons (Fsp3) is 0.300. The Labute approximate surface area is 213 Å². The molecule has 0 aliphatic carbocycles. The van der Waals surface area contributed by atoms with Gasteiger partial charge in [-0.05, 0) is 41.8 Å². The van der Waals surface area contributed by atoms with E-state index in [0.717, 1.165) is 42.9 Å². The Morgan fingerprint density at radius 3 is 2.58 bits per heavy atom. The molecule has 188 valence electrons. The summed E-state index contributed by atoms with van der Waals surface area (Å²) in [6, 6.07) is 22.1. The van der Waals surface area contributed by atoms with E-state index in [1.807, 2.05) is 49.3 Å². The summed E-state index contributed by atoms with van der Waals surface area (Å²) in [5.41, 5.74) is 4.48. The van der Waals surface area contributed by atoms with Gasteiger partial charge < -0.3 is 20.1 Å². The van der Waals surface area contributed by atoms with Crippen LogP contribution < -0.4 is 15.0 Å². The molecule has 2 N–H and O–H groups in total. The number of ether oxygens (including phenoxy) is 1. The second-order valence-corrected chi connectivity index (χ2v) is 9.38. The second-order valence-electron chi connectivity index (χ2n) is 9.38. The summed E-state index contributed by atoms with van der Waals surface area (Å²) in [5.74, 6) is 0.271. The number of carbonyl (C=O) groups excluding carboxylic acids is 1. The molecule has 1 atom stereocenters. The van der Waals surface area contributed by atoms with Gasteiger partial charge in [0, 0.05) is 63.6 Å². The number of carbonyl (C=O) groups is 1. The molecule has 0 saturated carbocycles. The van der Waals surface area contributed by atoms with Crippen LogP contribution in [0.25, 0.3) is 6.08 Å². The third-order valence-electron chi connectivity index (χ3n) is 6.66. The maximum absolute atomic E-state index is 13.0. The lowest BCUT2D eigenvalue weighted by atomic mass is 10.00. The fourth-order valence-corrected chi connectivity index (χ4v) is 4.59. The Balaban J connectivity index is 1.53. The first-order valence-electron chi connectivity index (χ1n) is 12.3. The van der Waals surface area contributed by atoms with Gasteiger partial charge >= 0.3 is 0 Å². The van der Waals surface area contributed by atoms with Gasteiger partial charge in [0.15, 0.2) is 5.78 Å². The van der Waals surface area contributed by atoms with Crippen molar-refractivity contribution in [2.24, 2.45) is 0 Å². The number of nitrogens with zero attached hydrogens (tertiary/aromatic N) is 2. The first-order valence-corrected chi connectivity index (χ1v) is 12.3. The fourth-order valence-electron chi connectivity index (χ4n) is 4.59. The average molecular weight is 486 g/mol. The molecular formula is C30H35N3O3. The number of piperazine rings is 1. The van der Waals surface area contributed by atoms with Gasteiger partial charge in [-0.3, -0.25) is 9.69 Å². The molecule has 36 heavy (non-hydrogen) atoms. The summed E-state index contributed by atoms with van der Waals surface area (Å²) in [4.78, 5) is 17.5. The van der Waals surface area contributed by atoms with Crippen LogP contribution in [0.2, 0.25) is 0 Å². The molecule has 1 heterocycles. The molecule has 0 spiro atoms. The largest absolute Gasteiger partial charge is 0.507 e. The number of ketones is 1.